The smallest absolute Gasteiger partial charge is 0.177 e. The Kier molecular flexibility index (Phi) is 3.48. The van der Waals surface area contributed by atoms with Crippen LogP contribution in [-0.4, -0.2) is 22.3 Å². The molecule has 1 rings (SSSR count). The molecule has 1 aromatic heterocycles. The van der Waals surface area contributed by atoms with Crippen molar-refractivity contribution < 1.29 is 4.74 Å². The van der Waals surface area contributed by atoms with Gasteiger partial charge in [-0.2, -0.15) is 0 Å². The quantitative estimate of drug-likeness (QED) is 0.707. The van der Waals surface area contributed by atoms with Gasteiger partial charge in [0.15, 0.2) is 6.33 Å². The van der Waals surface area contributed by atoms with Gasteiger partial charge < -0.3 is 9.30 Å². The second kappa shape index (κ2) is 4.42. The summed E-state index contributed by atoms with van der Waals surface area (Å²) in [6, 6.07) is 0. The van der Waals surface area contributed by atoms with E-state index < -0.39 is 0 Å². The summed E-state index contributed by atoms with van der Waals surface area (Å²) in [6.45, 7) is 9.68. The maximum absolute atomic E-state index is 5.44. The number of rotatable bonds is 4. The van der Waals surface area contributed by atoms with Crippen LogP contribution in [0.3, 0.4) is 0 Å². The normalized spacial score (nSPS) is 11.2. The molecule has 0 bridgehead atoms. The van der Waals surface area contributed by atoms with Crippen LogP contribution in [-0.2, 0) is 11.3 Å². The average molecular weight is 181 g/mol. The van der Waals surface area contributed by atoms with Gasteiger partial charge in [0.1, 0.15) is 0 Å². The Morgan fingerprint density at radius 1 is 1.46 bits per heavy atom. The molecule has 0 saturated carbocycles. The molecule has 1 aromatic rings. The lowest BCUT2D eigenvalue weighted by atomic mass is 10.4. The molecule has 3 heteroatoms. The molecular weight excluding hydrogens is 164 g/mol. The van der Waals surface area contributed by atoms with Crippen molar-refractivity contribution in [3.8, 4) is 0 Å². The van der Waals surface area contributed by atoms with Gasteiger partial charge in [-0.3, -0.25) is 0 Å². The third-order valence-corrected chi connectivity index (χ3v) is 2.03. The summed E-state index contributed by atoms with van der Waals surface area (Å²) >= 11 is 0. The summed E-state index contributed by atoms with van der Waals surface area (Å²) in [4.78, 5) is 4.10. The van der Waals surface area contributed by atoms with E-state index in [-0.39, 0.29) is 0 Å². The molecule has 0 unspecified atom stereocenters. The van der Waals surface area contributed by atoms with E-state index in [1.54, 1.807) is 0 Å². The number of ether oxygens (including phenoxy) is 1. The Balaban J connectivity index is 2.41. The first-order valence-electron chi connectivity index (χ1n) is 4.64. The average Bonchev–Trinajstić information content (AvgIpc) is 2.35. The van der Waals surface area contributed by atoms with E-state index in [1.807, 2.05) is 32.3 Å². The van der Waals surface area contributed by atoms with E-state index in [2.05, 4.69) is 11.3 Å². The molecule has 13 heavy (non-hydrogen) atoms. The number of nitrogens with zero attached hydrogens (tertiary/aromatic N) is 2. The maximum atomic E-state index is 5.44. The van der Waals surface area contributed by atoms with Crippen molar-refractivity contribution in [3.63, 3.8) is 0 Å². The third-order valence-electron chi connectivity index (χ3n) is 2.03. The zero-order valence-electron chi connectivity index (χ0n) is 8.79. The highest BCUT2D eigenvalue weighted by Gasteiger charge is 2.02. The summed E-state index contributed by atoms with van der Waals surface area (Å²) in [6.07, 6.45) is 3.23. The van der Waals surface area contributed by atoms with Crippen LogP contribution in [0.2, 0.25) is 0 Å². The molecule has 0 aromatic carbocycles. The molecule has 0 aliphatic heterocycles. The van der Waals surface area contributed by atoms with Crippen molar-refractivity contribution in [2.75, 3.05) is 6.61 Å². The number of hydrogen-bond donors (Lipinski definition) is 0. The van der Waals surface area contributed by atoms with Gasteiger partial charge in [-0.1, -0.05) is 0 Å². The van der Waals surface area contributed by atoms with Crippen LogP contribution in [0.25, 0.3) is 0 Å². The molecule has 0 N–H and O–H groups in total. The lowest BCUT2D eigenvalue weighted by Gasteiger charge is -2.08. The van der Waals surface area contributed by atoms with Crippen molar-refractivity contribution in [3.05, 3.63) is 17.7 Å². The van der Waals surface area contributed by atoms with Gasteiger partial charge in [0, 0.05) is 12.2 Å². The number of aryl methyl sites for hydroxylation is 1. The van der Waals surface area contributed by atoms with E-state index >= 15 is 0 Å². The first-order chi connectivity index (χ1) is 6.11. The van der Waals surface area contributed by atoms with E-state index in [0.29, 0.717) is 6.10 Å². The molecule has 1 heterocycles. The van der Waals surface area contributed by atoms with E-state index in [1.165, 1.54) is 5.69 Å². The highest BCUT2D eigenvalue weighted by molar-refractivity contribution is 5.07. The topological polar surface area (TPSA) is 27.1 Å². The minimum atomic E-state index is 0.296. The third kappa shape index (κ3) is 2.84. The Bertz CT molecular complexity index is 266. The minimum absolute atomic E-state index is 0.296. The first-order valence-corrected chi connectivity index (χ1v) is 4.64. The van der Waals surface area contributed by atoms with E-state index in [4.69, 9.17) is 4.74 Å². The second-order valence-corrected chi connectivity index (χ2v) is 3.45. The molecule has 73 valence electrons. The molecule has 0 aliphatic rings. The number of aromatic nitrogens is 2. The fraction of sp³-hybridized carbons (Fsp3) is 0.700. The SMILES string of the molecule is Cc1n[c]n(CCOC(C)C)c1C. The molecule has 0 fully saturated rings. The van der Waals surface area contributed by atoms with Gasteiger partial charge in [0.25, 0.3) is 0 Å². The predicted molar refractivity (Wildman–Crippen MR) is 51.6 cm³/mol. The molecular formula is C10H17N2O. The van der Waals surface area contributed by atoms with E-state index in [9.17, 15) is 0 Å². The van der Waals surface area contributed by atoms with Gasteiger partial charge >= 0.3 is 0 Å². The maximum Gasteiger partial charge on any atom is 0.177 e. The lowest BCUT2D eigenvalue weighted by molar-refractivity contribution is 0.0723. The van der Waals surface area contributed by atoms with Gasteiger partial charge in [-0.25, -0.2) is 4.98 Å². The Hall–Kier alpha value is -0.830. The van der Waals surface area contributed by atoms with Gasteiger partial charge in [-0.05, 0) is 27.7 Å². The largest absolute Gasteiger partial charge is 0.377 e. The summed E-state index contributed by atoms with van der Waals surface area (Å²) < 4.78 is 7.44. The Morgan fingerprint density at radius 3 is 2.62 bits per heavy atom. The molecule has 0 aliphatic carbocycles. The van der Waals surface area contributed by atoms with Crippen LogP contribution in [0.1, 0.15) is 25.2 Å². The summed E-state index contributed by atoms with van der Waals surface area (Å²) in [7, 11) is 0. The summed E-state index contributed by atoms with van der Waals surface area (Å²) in [5, 5.41) is 0. The predicted octanol–water partition coefficient (Wildman–Crippen LogP) is 1.73. The van der Waals surface area contributed by atoms with Gasteiger partial charge in [0.05, 0.1) is 18.4 Å². The first kappa shape index (κ1) is 10.3. The van der Waals surface area contributed by atoms with Crippen LogP contribution in [0.4, 0.5) is 0 Å². The van der Waals surface area contributed by atoms with Crippen LogP contribution in [0.15, 0.2) is 0 Å². The molecule has 0 amide bonds. The highest BCUT2D eigenvalue weighted by atomic mass is 16.5. The van der Waals surface area contributed by atoms with E-state index in [0.717, 1.165) is 18.8 Å². The molecule has 0 spiro atoms. The molecule has 1 radical (unpaired) electrons. The fourth-order valence-corrected chi connectivity index (χ4v) is 1.08. The Labute approximate surface area is 79.7 Å². The van der Waals surface area contributed by atoms with Gasteiger partial charge in [0.2, 0.25) is 0 Å². The van der Waals surface area contributed by atoms with Crippen molar-refractivity contribution in [2.24, 2.45) is 0 Å². The Morgan fingerprint density at radius 2 is 2.15 bits per heavy atom. The second-order valence-electron chi connectivity index (χ2n) is 3.45. The van der Waals surface area contributed by atoms with Crippen LogP contribution in [0.5, 0.6) is 0 Å². The summed E-state index contributed by atoms with van der Waals surface area (Å²) in [5.74, 6) is 0. The molecule has 3 nitrogen and oxygen atoms in total. The van der Waals surface area contributed by atoms with Crippen LogP contribution in [0, 0.1) is 20.2 Å². The lowest BCUT2D eigenvalue weighted by Crippen LogP contribution is -2.11. The molecule has 0 atom stereocenters. The van der Waals surface area contributed by atoms with Crippen LogP contribution >= 0.6 is 0 Å². The van der Waals surface area contributed by atoms with Gasteiger partial charge in [-0.15, -0.1) is 0 Å². The number of imidazole rings is 1. The zero-order valence-corrected chi connectivity index (χ0v) is 8.79. The summed E-state index contributed by atoms with van der Waals surface area (Å²) in [5.41, 5.74) is 2.22. The van der Waals surface area contributed by atoms with Crippen molar-refractivity contribution in [1.29, 1.82) is 0 Å². The standard InChI is InChI=1S/C10H17N2O/c1-8(2)13-6-5-12-7-11-9(3)10(12)4/h8H,5-6H2,1-4H3. The monoisotopic (exact) mass is 181 g/mol. The zero-order chi connectivity index (χ0) is 9.84. The van der Waals surface area contributed by atoms with Crippen molar-refractivity contribution in [2.45, 2.75) is 40.3 Å². The fourth-order valence-electron chi connectivity index (χ4n) is 1.08. The van der Waals surface area contributed by atoms with Crippen molar-refractivity contribution >= 4 is 0 Å². The number of hydrogen-bond acceptors (Lipinski definition) is 2. The highest BCUT2D eigenvalue weighted by Crippen LogP contribution is 2.03. The van der Waals surface area contributed by atoms with Crippen LogP contribution < -0.4 is 0 Å². The minimum Gasteiger partial charge on any atom is -0.377 e. The molecule has 0 saturated heterocycles. The van der Waals surface area contributed by atoms with Crippen molar-refractivity contribution in [1.82, 2.24) is 9.55 Å².